The SMILES string of the molecule is CC(C)[C@H](NC(=O)OCc1ccccc1)C(=O)N[C@H](CCC(=O)O)C(=O)O. The molecule has 0 heterocycles. The maximum atomic E-state index is 12.4. The molecule has 0 saturated heterocycles. The zero-order valence-corrected chi connectivity index (χ0v) is 15.2. The third-order valence-corrected chi connectivity index (χ3v) is 3.70. The van der Waals surface area contributed by atoms with Crippen molar-refractivity contribution in [3.63, 3.8) is 0 Å². The third-order valence-electron chi connectivity index (χ3n) is 3.70. The summed E-state index contributed by atoms with van der Waals surface area (Å²) in [7, 11) is 0. The normalized spacial score (nSPS) is 12.7. The second-order valence-electron chi connectivity index (χ2n) is 6.26. The molecule has 0 unspecified atom stereocenters. The summed E-state index contributed by atoms with van der Waals surface area (Å²) in [5.41, 5.74) is 0.776. The van der Waals surface area contributed by atoms with Crippen molar-refractivity contribution in [3.8, 4) is 0 Å². The van der Waals surface area contributed by atoms with Gasteiger partial charge in [0.25, 0.3) is 0 Å². The molecular formula is C18H24N2O7. The van der Waals surface area contributed by atoms with Gasteiger partial charge in [-0.15, -0.1) is 0 Å². The van der Waals surface area contributed by atoms with Crippen LogP contribution in [-0.4, -0.2) is 46.2 Å². The number of carbonyl (C=O) groups is 4. The molecule has 9 heteroatoms. The highest BCUT2D eigenvalue weighted by Crippen LogP contribution is 2.06. The lowest BCUT2D eigenvalue weighted by atomic mass is 10.0. The molecule has 1 rings (SSSR count). The smallest absolute Gasteiger partial charge is 0.408 e. The molecule has 0 aliphatic carbocycles. The monoisotopic (exact) mass is 380 g/mol. The quantitative estimate of drug-likeness (QED) is 0.480. The van der Waals surface area contributed by atoms with Crippen molar-refractivity contribution in [3.05, 3.63) is 35.9 Å². The van der Waals surface area contributed by atoms with Crippen LogP contribution in [0.3, 0.4) is 0 Å². The van der Waals surface area contributed by atoms with Crippen LogP contribution < -0.4 is 10.6 Å². The van der Waals surface area contributed by atoms with Crippen LogP contribution in [0.2, 0.25) is 0 Å². The highest BCUT2D eigenvalue weighted by Gasteiger charge is 2.29. The molecule has 1 aromatic carbocycles. The number of hydrogen-bond acceptors (Lipinski definition) is 5. The van der Waals surface area contributed by atoms with Gasteiger partial charge in [-0.1, -0.05) is 44.2 Å². The first-order chi connectivity index (χ1) is 12.7. The molecule has 2 atom stereocenters. The van der Waals surface area contributed by atoms with Crippen LogP contribution in [0, 0.1) is 5.92 Å². The van der Waals surface area contributed by atoms with E-state index in [1.165, 1.54) is 0 Å². The van der Waals surface area contributed by atoms with Gasteiger partial charge in [-0.3, -0.25) is 9.59 Å². The van der Waals surface area contributed by atoms with E-state index >= 15 is 0 Å². The summed E-state index contributed by atoms with van der Waals surface area (Å²) in [4.78, 5) is 46.1. The lowest BCUT2D eigenvalue weighted by Crippen LogP contribution is -2.53. The standard InChI is InChI=1S/C18H24N2O7/c1-11(2)15(16(23)19-13(17(24)25)8-9-14(21)22)20-18(26)27-10-12-6-4-3-5-7-12/h3-7,11,13,15H,8-10H2,1-2H3,(H,19,23)(H,20,26)(H,21,22)(H,24,25)/t13-,15+/m1/s1. The molecule has 4 N–H and O–H groups in total. The minimum Gasteiger partial charge on any atom is -0.481 e. The number of aliphatic carboxylic acids is 2. The lowest BCUT2D eigenvalue weighted by molar-refractivity contribution is -0.143. The van der Waals surface area contributed by atoms with Gasteiger partial charge < -0.3 is 25.6 Å². The number of ether oxygens (including phenoxy) is 1. The second-order valence-corrected chi connectivity index (χ2v) is 6.26. The lowest BCUT2D eigenvalue weighted by Gasteiger charge is -2.23. The Labute approximate surface area is 156 Å². The molecule has 9 nitrogen and oxygen atoms in total. The first-order valence-electron chi connectivity index (χ1n) is 8.43. The molecule has 0 aliphatic heterocycles. The molecule has 0 radical (unpaired) electrons. The van der Waals surface area contributed by atoms with Crippen LogP contribution in [0.25, 0.3) is 0 Å². The van der Waals surface area contributed by atoms with Crippen LogP contribution in [0.4, 0.5) is 4.79 Å². The van der Waals surface area contributed by atoms with Gasteiger partial charge in [0.2, 0.25) is 5.91 Å². The van der Waals surface area contributed by atoms with Crippen molar-refractivity contribution in [2.24, 2.45) is 5.92 Å². The Morgan fingerprint density at radius 2 is 1.67 bits per heavy atom. The zero-order valence-electron chi connectivity index (χ0n) is 15.2. The number of alkyl carbamates (subject to hydrolysis) is 1. The number of rotatable bonds is 10. The van der Waals surface area contributed by atoms with E-state index in [1.54, 1.807) is 38.1 Å². The number of carboxylic acid groups (broad SMARTS) is 2. The van der Waals surface area contributed by atoms with Gasteiger partial charge in [0.15, 0.2) is 0 Å². The number of amides is 2. The van der Waals surface area contributed by atoms with E-state index in [0.717, 1.165) is 5.56 Å². The van der Waals surface area contributed by atoms with Crippen molar-refractivity contribution in [1.29, 1.82) is 0 Å². The Hall–Kier alpha value is -3.10. The molecule has 0 aromatic heterocycles. The predicted molar refractivity (Wildman–Crippen MR) is 94.8 cm³/mol. The summed E-state index contributed by atoms with van der Waals surface area (Å²) in [6.07, 6.45) is -1.49. The van der Waals surface area contributed by atoms with Crippen LogP contribution in [-0.2, 0) is 25.7 Å². The van der Waals surface area contributed by atoms with E-state index in [9.17, 15) is 19.2 Å². The van der Waals surface area contributed by atoms with E-state index in [-0.39, 0.29) is 18.9 Å². The Balaban J connectivity index is 2.64. The summed E-state index contributed by atoms with van der Waals surface area (Å²) in [6.45, 7) is 3.37. The number of carboxylic acids is 2. The zero-order chi connectivity index (χ0) is 20.4. The molecule has 1 aromatic rings. The molecule has 0 bridgehead atoms. The highest BCUT2D eigenvalue weighted by atomic mass is 16.5. The fourth-order valence-electron chi connectivity index (χ4n) is 2.21. The van der Waals surface area contributed by atoms with Gasteiger partial charge in [-0.25, -0.2) is 9.59 Å². The molecular weight excluding hydrogens is 356 g/mol. The van der Waals surface area contributed by atoms with Crippen molar-refractivity contribution in [2.75, 3.05) is 0 Å². The largest absolute Gasteiger partial charge is 0.481 e. The second kappa shape index (κ2) is 10.8. The van der Waals surface area contributed by atoms with Crippen LogP contribution in [0.15, 0.2) is 30.3 Å². The Morgan fingerprint density at radius 1 is 1.04 bits per heavy atom. The van der Waals surface area contributed by atoms with Crippen molar-refractivity contribution < 1.29 is 34.1 Å². The molecule has 0 fully saturated rings. The Bertz CT molecular complexity index is 661. The van der Waals surface area contributed by atoms with Crippen molar-refractivity contribution >= 4 is 23.9 Å². The van der Waals surface area contributed by atoms with E-state index < -0.39 is 42.4 Å². The van der Waals surface area contributed by atoms with Crippen LogP contribution >= 0.6 is 0 Å². The molecule has 2 amide bonds. The van der Waals surface area contributed by atoms with Gasteiger partial charge in [0.05, 0.1) is 0 Å². The summed E-state index contributed by atoms with van der Waals surface area (Å²) < 4.78 is 5.07. The first-order valence-corrected chi connectivity index (χ1v) is 8.43. The molecule has 27 heavy (non-hydrogen) atoms. The summed E-state index contributed by atoms with van der Waals surface area (Å²) in [5, 5.41) is 22.5. The fourth-order valence-corrected chi connectivity index (χ4v) is 2.21. The van der Waals surface area contributed by atoms with E-state index in [1.807, 2.05) is 6.07 Å². The Morgan fingerprint density at radius 3 is 2.19 bits per heavy atom. The van der Waals surface area contributed by atoms with E-state index in [4.69, 9.17) is 14.9 Å². The van der Waals surface area contributed by atoms with Crippen molar-refractivity contribution in [1.82, 2.24) is 10.6 Å². The Kier molecular flexibility index (Phi) is 8.77. The maximum absolute atomic E-state index is 12.4. The van der Waals surface area contributed by atoms with Gasteiger partial charge in [0.1, 0.15) is 18.7 Å². The minimum absolute atomic E-state index is 0.0233. The number of carbonyl (C=O) groups excluding carboxylic acids is 2. The maximum Gasteiger partial charge on any atom is 0.408 e. The molecule has 0 aliphatic rings. The average molecular weight is 380 g/mol. The predicted octanol–water partition coefficient (Wildman–Crippen LogP) is 1.37. The van der Waals surface area contributed by atoms with Gasteiger partial charge >= 0.3 is 18.0 Å². The van der Waals surface area contributed by atoms with Crippen molar-refractivity contribution in [2.45, 2.75) is 45.4 Å². The number of nitrogens with one attached hydrogen (secondary N) is 2. The number of hydrogen-bond donors (Lipinski definition) is 4. The van der Waals surface area contributed by atoms with Crippen LogP contribution in [0.5, 0.6) is 0 Å². The molecule has 0 spiro atoms. The average Bonchev–Trinajstić information content (AvgIpc) is 2.61. The van der Waals surface area contributed by atoms with Crippen LogP contribution in [0.1, 0.15) is 32.3 Å². The first kappa shape index (κ1) is 21.9. The van der Waals surface area contributed by atoms with Gasteiger partial charge in [0, 0.05) is 6.42 Å². The summed E-state index contributed by atoms with van der Waals surface area (Å²) >= 11 is 0. The molecule has 148 valence electrons. The number of benzene rings is 1. The van der Waals surface area contributed by atoms with Gasteiger partial charge in [-0.2, -0.15) is 0 Å². The molecule has 0 saturated carbocycles. The third kappa shape index (κ3) is 8.21. The topological polar surface area (TPSA) is 142 Å². The fraction of sp³-hybridized carbons (Fsp3) is 0.444. The highest BCUT2D eigenvalue weighted by molar-refractivity contribution is 5.89. The minimum atomic E-state index is -1.36. The van der Waals surface area contributed by atoms with Gasteiger partial charge in [-0.05, 0) is 17.9 Å². The van der Waals surface area contributed by atoms with E-state index in [2.05, 4.69) is 10.6 Å². The summed E-state index contributed by atoms with van der Waals surface area (Å²) in [5.74, 6) is -3.58. The van der Waals surface area contributed by atoms with E-state index in [0.29, 0.717) is 0 Å². The summed E-state index contributed by atoms with van der Waals surface area (Å²) in [6, 6.07) is 6.58.